The Hall–Kier alpha value is -1.22. The lowest BCUT2D eigenvalue weighted by molar-refractivity contribution is 0.0701. The highest BCUT2D eigenvalue weighted by molar-refractivity contribution is 5.58. The maximum absolute atomic E-state index is 6.06. The zero-order valence-electron chi connectivity index (χ0n) is 12.0. The zero-order valence-corrected chi connectivity index (χ0v) is 12.0. The molecule has 2 heterocycles. The van der Waals surface area contributed by atoms with Crippen LogP contribution < -0.4 is 10.1 Å². The van der Waals surface area contributed by atoms with Crippen molar-refractivity contribution < 1.29 is 4.74 Å². The van der Waals surface area contributed by atoms with Gasteiger partial charge in [-0.2, -0.15) is 0 Å². The number of benzene rings is 1. The van der Waals surface area contributed by atoms with Crippen LogP contribution in [0.2, 0.25) is 0 Å². The van der Waals surface area contributed by atoms with Crippen LogP contribution in [0.3, 0.4) is 0 Å². The lowest BCUT2D eigenvalue weighted by Crippen LogP contribution is -2.42. The minimum Gasteiger partial charge on any atom is -0.493 e. The highest BCUT2D eigenvalue weighted by Gasteiger charge is 2.30. The molecule has 1 unspecified atom stereocenters. The van der Waals surface area contributed by atoms with Crippen molar-refractivity contribution in [2.45, 2.75) is 26.2 Å². The van der Waals surface area contributed by atoms with E-state index >= 15 is 0 Å². The molecular weight excluding hydrogens is 236 g/mol. The second-order valence-corrected chi connectivity index (χ2v) is 6.44. The van der Waals surface area contributed by atoms with Gasteiger partial charge in [-0.25, -0.2) is 0 Å². The molecule has 2 aliphatic rings. The lowest BCUT2D eigenvalue weighted by atomic mass is 9.83. The summed E-state index contributed by atoms with van der Waals surface area (Å²) in [6, 6.07) is 6.46. The predicted molar refractivity (Wildman–Crippen MR) is 79.0 cm³/mol. The summed E-state index contributed by atoms with van der Waals surface area (Å²) in [5.74, 6) is 1.00. The second-order valence-electron chi connectivity index (χ2n) is 6.44. The third kappa shape index (κ3) is 2.86. The number of rotatable bonds is 3. The van der Waals surface area contributed by atoms with Crippen LogP contribution in [-0.2, 0) is 6.42 Å². The Morgan fingerprint density at radius 1 is 1.42 bits per heavy atom. The quantitative estimate of drug-likeness (QED) is 0.904. The number of nitrogens with zero attached hydrogens (tertiary/aromatic N) is 1. The molecule has 3 heteroatoms. The van der Waals surface area contributed by atoms with E-state index in [0.717, 1.165) is 31.9 Å². The van der Waals surface area contributed by atoms with E-state index in [1.165, 1.54) is 30.6 Å². The molecule has 1 aromatic carbocycles. The largest absolute Gasteiger partial charge is 0.493 e. The summed E-state index contributed by atoms with van der Waals surface area (Å²) < 4.78 is 6.06. The van der Waals surface area contributed by atoms with Crippen LogP contribution in [0.4, 0.5) is 5.69 Å². The van der Waals surface area contributed by atoms with Crippen LogP contribution in [0, 0.1) is 5.41 Å². The molecule has 1 fully saturated rings. The number of likely N-dealkylation sites (tertiary alicyclic amines) is 1. The van der Waals surface area contributed by atoms with E-state index in [1.54, 1.807) is 0 Å². The number of hydrogen-bond donors (Lipinski definition) is 1. The van der Waals surface area contributed by atoms with Gasteiger partial charge in [-0.15, -0.1) is 0 Å². The Kier molecular flexibility index (Phi) is 3.40. The Labute approximate surface area is 115 Å². The van der Waals surface area contributed by atoms with E-state index < -0.39 is 0 Å². The highest BCUT2D eigenvalue weighted by atomic mass is 16.5. The Morgan fingerprint density at radius 3 is 3.16 bits per heavy atom. The number of fused-ring (bicyclic) bond motifs is 1. The van der Waals surface area contributed by atoms with Crippen LogP contribution >= 0.6 is 0 Å². The first-order chi connectivity index (χ1) is 9.15. The molecule has 2 aliphatic heterocycles. The van der Waals surface area contributed by atoms with Gasteiger partial charge in [0.1, 0.15) is 5.75 Å². The summed E-state index contributed by atoms with van der Waals surface area (Å²) in [6.07, 6.45) is 3.68. The van der Waals surface area contributed by atoms with Gasteiger partial charge >= 0.3 is 0 Å². The standard InChI is InChI=1S/C16H24N2O/c1-16(7-3-9-18(2)11-16)12-19-14-5-4-13-6-8-17-15(13)10-14/h4-5,10,17H,3,6-9,11-12H2,1-2H3. The first kappa shape index (κ1) is 12.8. The van der Waals surface area contributed by atoms with Crippen LogP contribution in [0.1, 0.15) is 25.3 Å². The van der Waals surface area contributed by atoms with E-state index in [9.17, 15) is 0 Å². The number of ether oxygens (including phenoxy) is 1. The molecule has 0 bridgehead atoms. The van der Waals surface area contributed by atoms with E-state index in [1.807, 2.05) is 0 Å². The SMILES string of the molecule is CN1CCCC(C)(COc2ccc3c(c2)NCC3)C1. The molecular formula is C16H24N2O. The topological polar surface area (TPSA) is 24.5 Å². The fourth-order valence-corrected chi connectivity index (χ4v) is 3.32. The normalized spacial score (nSPS) is 26.8. The summed E-state index contributed by atoms with van der Waals surface area (Å²) in [7, 11) is 2.21. The van der Waals surface area contributed by atoms with Gasteiger partial charge in [-0.3, -0.25) is 0 Å². The summed E-state index contributed by atoms with van der Waals surface area (Å²) in [6.45, 7) is 6.57. The van der Waals surface area contributed by atoms with Crippen molar-refractivity contribution in [3.05, 3.63) is 23.8 Å². The van der Waals surface area contributed by atoms with E-state index in [2.05, 4.69) is 42.4 Å². The van der Waals surface area contributed by atoms with Crippen molar-refractivity contribution >= 4 is 5.69 Å². The van der Waals surface area contributed by atoms with Gasteiger partial charge in [0.25, 0.3) is 0 Å². The molecule has 0 aliphatic carbocycles. The van der Waals surface area contributed by atoms with Crippen molar-refractivity contribution in [2.24, 2.45) is 5.41 Å². The average molecular weight is 260 g/mol. The molecule has 0 amide bonds. The van der Waals surface area contributed by atoms with Crippen molar-refractivity contribution in [1.82, 2.24) is 4.90 Å². The predicted octanol–water partition coefficient (Wildman–Crippen LogP) is 2.77. The first-order valence-corrected chi connectivity index (χ1v) is 7.33. The van der Waals surface area contributed by atoms with Gasteiger partial charge in [0.05, 0.1) is 6.61 Å². The Morgan fingerprint density at radius 2 is 2.32 bits per heavy atom. The van der Waals surface area contributed by atoms with E-state index in [-0.39, 0.29) is 0 Å². The van der Waals surface area contributed by atoms with Crippen LogP contribution in [-0.4, -0.2) is 38.2 Å². The summed E-state index contributed by atoms with van der Waals surface area (Å²) in [4.78, 5) is 2.41. The zero-order chi connectivity index (χ0) is 13.3. The minimum atomic E-state index is 0.291. The second kappa shape index (κ2) is 5.04. The monoisotopic (exact) mass is 260 g/mol. The molecule has 1 saturated heterocycles. The molecule has 3 nitrogen and oxygen atoms in total. The molecule has 19 heavy (non-hydrogen) atoms. The van der Waals surface area contributed by atoms with Gasteiger partial charge in [0.2, 0.25) is 0 Å². The molecule has 3 rings (SSSR count). The fourth-order valence-electron chi connectivity index (χ4n) is 3.32. The van der Waals surface area contributed by atoms with Crippen LogP contribution in [0.5, 0.6) is 5.75 Å². The number of nitrogens with one attached hydrogen (secondary N) is 1. The Balaban J connectivity index is 1.62. The first-order valence-electron chi connectivity index (χ1n) is 7.33. The molecule has 0 spiro atoms. The molecule has 0 aromatic heterocycles. The van der Waals surface area contributed by atoms with Gasteiger partial charge in [0.15, 0.2) is 0 Å². The van der Waals surface area contributed by atoms with Crippen LogP contribution in [0.25, 0.3) is 0 Å². The van der Waals surface area contributed by atoms with Gasteiger partial charge in [-0.05, 0) is 44.5 Å². The molecule has 104 valence electrons. The number of hydrogen-bond acceptors (Lipinski definition) is 3. The van der Waals surface area contributed by atoms with Gasteiger partial charge < -0.3 is 15.0 Å². The summed E-state index contributed by atoms with van der Waals surface area (Å²) in [5.41, 5.74) is 2.96. The molecule has 1 aromatic rings. The average Bonchev–Trinajstić information content (AvgIpc) is 2.83. The smallest absolute Gasteiger partial charge is 0.121 e. The Bertz CT molecular complexity index is 460. The molecule has 0 radical (unpaired) electrons. The molecule has 0 saturated carbocycles. The van der Waals surface area contributed by atoms with Crippen molar-refractivity contribution in [2.75, 3.05) is 38.6 Å². The number of piperidine rings is 1. The van der Waals surface area contributed by atoms with Gasteiger partial charge in [0, 0.05) is 30.3 Å². The van der Waals surface area contributed by atoms with Crippen molar-refractivity contribution in [1.29, 1.82) is 0 Å². The third-order valence-electron chi connectivity index (χ3n) is 4.35. The minimum absolute atomic E-state index is 0.291. The van der Waals surface area contributed by atoms with Crippen molar-refractivity contribution in [3.63, 3.8) is 0 Å². The van der Waals surface area contributed by atoms with Crippen molar-refractivity contribution in [3.8, 4) is 5.75 Å². The molecule has 1 N–H and O–H groups in total. The van der Waals surface area contributed by atoms with E-state index in [4.69, 9.17) is 4.74 Å². The highest BCUT2D eigenvalue weighted by Crippen LogP contribution is 2.31. The summed E-state index contributed by atoms with van der Waals surface area (Å²) in [5, 5.41) is 3.41. The summed E-state index contributed by atoms with van der Waals surface area (Å²) >= 11 is 0. The van der Waals surface area contributed by atoms with E-state index in [0.29, 0.717) is 5.41 Å². The maximum Gasteiger partial charge on any atom is 0.121 e. The molecule has 1 atom stereocenters. The van der Waals surface area contributed by atoms with Crippen LogP contribution in [0.15, 0.2) is 18.2 Å². The fraction of sp³-hybridized carbons (Fsp3) is 0.625. The lowest BCUT2D eigenvalue weighted by Gasteiger charge is -2.38. The number of anilines is 1. The maximum atomic E-state index is 6.06. The third-order valence-corrected chi connectivity index (χ3v) is 4.35. The van der Waals surface area contributed by atoms with Gasteiger partial charge in [-0.1, -0.05) is 13.0 Å².